The Hall–Kier alpha value is -4.29. The smallest absolute Gasteiger partial charge is 0.339 e. The van der Waals surface area contributed by atoms with Crippen LogP contribution < -0.4 is 19.0 Å². The van der Waals surface area contributed by atoms with Crippen LogP contribution in [0.5, 0.6) is 17.2 Å². The lowest BCUT2D eigenvalue weighted by Gasteiger charge is -2.13. The molecule has 3 aromatic rings. The summed E-state index contributed by atoms with van der Waals surface area (Å²) in [4.78, 5) is 12.6. The molecule has 186 valence electrons. The zero-order chi connectivity index (χ0) is 26.1. The van der Waals surface area contributed by atoms with Crippen LogP contribution in [0.15, 0.2) is 77.2 Å². The maximum Gasteiger partial charge on any atom is 0.339 e. The summed E-state index contributed by atoms with van der Waals surface area (Å²) in [6.07, 6.45) is 1.38. The van der Waals surface area contributed by atoms with Crippen molar-refractivity contribution >= 4 is 27.8 Å². The molecule has 3 rings (SSSR count). The van der Waals surface area contributed by atoms with Crippen LogP contribution in [0, 0.1) is 18.3 Å². The number of aryl methyl sites for hydroxylation is 1. The number of hydrogen-bond acceptors (Lipinski definition) is 7. The molecule has 0 spiro atoms. The van der Waals surface area contributed by atoms with Gasteiger partial charge in [0.2, 0.25) is 0 Å². The summed E-state index contributed by atoms with van der Waals surface area (Å²) in [5.41, 5.74) is 1.73. The van der Waals surface area contributed by atoms with Gasteiger partial charge in [-0.25, -0.2) is 0 Å². The first-order valence-electron chi connectivity index (χ1n) is 11.2. The normalized spacial score (nSPS) is 11.3. The molecule has 0 saturated carbocycles. The molecule has 0 heterocycles. The van der Waals surface area contributed by atoms with Gasteiger partial charge in [-0.3, -0.25) is 4.79 Å². The van der Waals surface area contributed by atoms with Crippen molar-refractivity contribution < 1.29 is 26.9 Å². The molecule has 8 nitrogen and oxygen atoms in total. The molecule has 0 atom stereocenters. The topological polar surface area (TPSA) is 115 Å². The second kappa shape index (κ2) is 11.9. The SMILES string of the molecule is CCOc1ccc(NC(=O)/C(C#N)=C/c2ccc(OS(=O)(=O)c3ccc(C)cc3)c(OCC)c2)cc1. The van der Waals surface area contributed by atoms with E-state index >= 15 is 0 Å². The highest BCUT2D eigenvalue weighted by Crippen LogP contribution is 2.32. The first kappa shape index (κ1) is 26.3. The van der Waals surface area contributed by atoms with Crippen molar-refractivity contribution in [3.05, 3.63) is 83.4 Å². The molecule has 0 aliphatic carbocycles. The van der Waals surface area contributed by atoms with Gasteiger partial charge in [-0.2, -0.15) is 13.7 Å². The maximum absolute atomic E-state index is 12.7. The van der Waals surface area contributed by atoms with Crippen molar-refractivity contribution in [1.82, 2.24) is 0 Å². The van der Waals surface area contributed by atoms with E-state index in [1.807, 2.05) is 19.9 Å². The van der Waals surface area contributed by atoms with Gasteiger partial charge in [-0.1, -0.05) is 23.8 Å². The standard InChI is InChI=1S/C27H26N2O6S/c1-4-33-23-11-9-22(10-12-23)29-27(30)21(18-28)16-20-8-15-25(26(17-20)34-5-2)35-36(31,32)24-13-6-19(3)7-14-24/h6-17H,4-5H2,1-3H3,(H,29,30)/b21-16+. The molecule has 0 bridgehead atoms. The zero-order valence-electron chi connectivity index (χ0n) is 20.1. The molecule has 0 radical (unpaired) electrons. The van der Waals surface area contributed by atoms with Gasteiger partial charge in [0.1, 0.15) is 22.3 Å². The second-order valence-electron chi connectivity index (χ2n) is 7.57. The van der Waals surface area contributed by atoms with E-state index in [0.717, 1.165) is 5.56 Å². The molecule has 0 aliphatic rings. The van der Waals surface area contributed by atoms with E-state index in [2.05, 4.69) is 5.32 Å². The van der Waals surface area contributed by atoms with Gasteiger partial charge < -0.3 is 19.0 Å². The van der Waals surface area contributed by atoms with Crippen molar-refractivity contribution in [3.63, 3.8) is 0 Å². The number of nitrogens with one attached hydrogen (secondary N) is 1. The Balaban J connectivity index is 1.82. The minimum atomic E-state index is -4.09. The third-order valence-corrected chi connectivity index (χ3v) is 6.12. The summed E-state index contributed by atoms with van der Waals surface area (Å²) in [6, 6.07) is 19.4. The number of ether oxygens (including phenoxy) is 2. The van der Waals surface area contributed by atoms with Gasteiger partial charge in [-0.15, -0.1) is 0 Å². The van der Waals surface area contributed by atoms with Gasteiger partial charge in [-0.05, 0) is 80.9 Å². The molecule has 0 saturated heterocycles. The minimum absolute atomic E-state index is 0.00748. The predicted octanol–water partition coefficient (Wildman–Crippen LogP) is 5.11. The highest BCUT2D eigenvalue weighted by atomic mass is 32.2. The maximum atomic E-state index is 12.7. The van der Waals surface area contributed by atoms with E-state index in [1.165, 1.54) is 36.4 Å². The number of anilines is 1. The number of rotatable bonds is 10. The van der Waals surface area contributed by atoms with Crippen LogP contribution in [0.1, 0.15) is 25.0 Å². The number of hydrogen-bond donors (Lipinski definition) is 1. The van der Waals surface area contributed by atoms with Crippen LogP contribution in [0.3, 0.4) is 0 Å². The number of benzene rings is 3. The van der Waals surface area contributed by atoms with Crippen molar-refractivity contribution in [2.24, 2.45) is 0 Å². The van der Waals surface area contributed by atoms with Crippen LogP contribution in [-0.2, 0) is 14.9 Å². The highest BCUT2D eigenvalue weighted by Gasteiger charge is 2.20. The quantitative estimate of drug-likeness (QED) is 0.231. The number of nitrogens with zero attached hydrogens (tertiary/aromatic N) is 1. The molecule has 0 aliphatic heterocycles. The minimum Gasteiger partial charge on any atom is -0.494 e. The molecular weight excluding hydrogens is 480 g/mol. The van der Waals surface area contributed by atoms with E-state index in [-0.39, 0.29) is 28.6 Å². The van der Waals surface area contributed by atoms with Gasteiger partial charge in [0, 0.05) is 5.69 Å². The van der Waals surface area contributed by atoms with E-state index < -0.39 is 16.0 Å². The number of amides is 1. The molecule has 9 heteroatoms. The number of carbonyl (C=O) groups excluding carboxylic acids is 1. The van der Waals surface area contributed by atoms with E-state index in [1.54, 1.807) is 43.3 Å². The van der Waals surface area contributed by atoms with Gasteiger partial charge in [0.25, 0.3) is 5.91 Å². The van der Waals surface area contributed by atoms with Crippen molar-refractivity contribution in [3.8, 4) is 23.3 Å². The molecule has 0 unspecified atom stereocenters. The molecule has 1 amide bonds. The van der Waals surface area contributed by atoms with Crippen LogP contribution >= 0.6 is 0 Å². The lowest BCUT2D eigenvalue weighted by molar-refractivity contribution is -0.112. The van der Waals surface area contributed by atoms with E-state index in [4.69, 9.17) is 13.7 Å². The largest absolute Gasteiger partial charge is 0.494 e. The van der Waals surface area contributed by atoms with Gasteiger partial charge in [0.15, 0.2) is 11.5 Å². The molecular formula is C27H26N2O6S. The Labute approximate surface area is 210 Å². The van der Waals surface area contributed by atoms with E-state index in [0.29, 0.717) is 23.6 Å². The lowest BCUT2D eigenvalue weighted by Crippen LogP contribution is -2.13. The fourth-order valence-corrected chi connectivity index (χ4v) is 4.08. The highest BCUT2D eigenvalue weighted by molar-refractivity contribution is 7.87. The Kier molecular flexibility index (Phi) is 8.71. The first-order valence-corrected chi connectivity index (χ1v) is 12.6. The summed E-state index contributed by atoms with van der Waals surface area (Å²) >= 11 is 0. The Bertz CT molecular complexity index is 1390. The van der Waals surface area contributed by atoms with E-state index in [9.17, 15) is 18.5 Å². The molecule has 36 heavy (non-hydrogen) atoms. The van der Waals surface area contributed by atoms with Crippen LogP contribution in [0.2, 0.25) is 0 Å². The molecule has 0 fully saturated rings. The van der Waals surface area contributed by atoms with Gasteiger partial charge >= 0.3 is 10.1 Å². The lowest BCUT2D eigenvalue weighted by atomic mass is 10.1. The second-order valence-corrected chi connectivity index (χ2v) is 9.12. The zero-order valence-corrected chi connectivity index (χ0v) is 21.0. The van der Waals surface area contributed by atoms with Crippen molar-refractivity contribution in [2.45, 2.75) is 25.7 Å². The third-order valence-electron chi connectivity index (χ3n) is 4.88. The fraction of sp³-hybridized carbons (Fsp3) is 0.185. The Morgan fingerprint density at radius 2 is 1.61 bits per heavy atom. The average Bonchev–Trinajstić information content (AvgIpc) is 2.85. The van der Waals surface area contributed by atoms with Crippen LogP contribution in [0.25, 0.3) is 6.08 Å². The van der Waals surface area contributed by atoms with Crippen LogP contribution in [-0.4, -0.2) is 27.5 Å². The van der Waals surface area contributed by atoms with Crippen molar-refractivity contribution in [1.29, 1.82) is 5.26 Å². The molecule has 1 N–H and O–H groups in total. The Morgan fingerprint density at radius 3 is 2.22 bits per heavy atom. The fourth-order valence-electron chi connectivity index (χ4n) is 3.14. The Morgan fingerprint density at radius 1 is 0.944 bits per heavy atom. The van der Waals surface area contributed by atoms with Gasteiger partial charge in [0.05, 0.1) is 13.2 Å². The monoisotopic (exact) mass is 506 g/mol. The first-order chi connectivity index (χ1) is 17.2. The van der Waals surface area contributed by atoms with Crippen LogP contribution in [0.4, 0.5) is 5.69 Å². The predicted molar refractivity (Wildman–Crippen MR) is 136 cm³/mol. The summed E-state index contributed by atoms with van der Waals surface area (Å²) in [5.74, 6) is 0.224. The summed E-state index contributed by atoms with van der Waals surface area (Å²) in [5, 5.41) is 12.2. The van der Waals surface area contributed by atoms with Crippen molar-refractivity contribution in [2.75, 3.05) is 18.5 Å². The third kappa shape index (κ3) is 6.87. The summed E-state index contributed by atoms with van der Waals surface area (Å²) in [6.45, 7) is 6.24. The molecule has 3 aromatic carbocycles. The number of carbonyl (C=O) groups is 1. The average molecular weight is 507 g/mol. The molecule has 0 aromatic heterocycles. The summed E-state index contributed by atoms with van der Waals surface area (Å²) < 4.78 is 41.7. The number of nitriles is 1. The summed E-state index contributed by atoms with van der Waals surface area (Å²) in [7, 11) is -4.09.